The van der Waals surface area contributed by atoms with Crippen LogP contribution in [0.25, 0.3) is 0 Å². The van der Waals surface area contributed by atoms with Crippen LogP contribution in [-0.2, 0) is 6.54 Å². The third kappa shape index (κ3) is 2.63. The molecule has 0 bridgehead atoms. The van der Waals surface area contributed by atoms with Gasteiger partial charge in [-0.1, -0.05) is 39.8 Å². The predicted molar refractivity (Wildman–Crippen MR) is 67.3 cm³/mol. The van der Waals surface area contributed by atoms with Crippen molar-refractivity contribution in [3.63, 3.8) is 0 Å². The van der Waals surface area contributed by atoms with Crippen LogP contribution < -0.4 is 0 Å². The maximum Gasteiger partial charge on any atom is 0.167 e. The van der Waals surface area contributed by atoms with Gasteiger partial charge in [0.15, 0.2) is 5.16 Å². The highest BCUT2D eigenvalue weighted by Gasteiger charge is 2.01. The number of aromatic nitrogens is 2. The van der Waals surface area contributed by atoms with Crippen molar-refractivity contribution in [1.82, 2.24) is 9.55 Å². The maximum absolute atomic E-state index is 4.27. The number of benzene rings is 1. The highest BCUT2D eigenvalue weighted by atomic mass is 79.9. The maximum atomic E-state index is 4.27. The number of hydrogen-bond acceptors (Lipinski definition) is 2. The number of rotatable bonds is 3. The molecule has 0 unspecified atom stereocenters. The van der Waals surface area contributed by atoms with Gasteiger partial charge in [0.1, 0.15) is 0 Å². The van der Waals surface area contributed by atoms with Crippen LogP contribution in [0.3, 0.4) is 0 Å². The molecule has 1 heterocycles. The van der Waals surface area contributed by atoms with Gasteiger partial charge in [-0.2, -0.15) is 0 Å². The fraction of sp³-hybridized carbons (Fsp3) is 0.182. The Morgan fingerprint density at radius 3 is 3.07 bits per heavy atom. The normalized spacial score (nSPS) is 10.5. The van der Waals surface area contributed by atoms with E-state index in [9.17, 15) is 0 Å². The van der Waals surface area contributed by atoms with Crippen LogP contribution in [-0.4, -0.2) is 15.8 Å². The van der Waals surface area contributed by atoms with Gasteiger partial charge < -0.3 is 4.57 Å². The lowest BCUT2D eigenvalue weighted by molar-refractivity contribution is 0.709. The Hall–Kier alpha value is -0.740. The Morgan fingerprint density at radius 1 is 1.47 bits per heavy atom. The Bertz CT molecular complexity index is 453. The molecule has 15 heavy (non-hydrogen) atoms. The molecule has 0 atom stereocenters. The van der Waals surface area contributed by atoms with E-state index in [1.165, 1.54) is 5.56 Å². The zero-order valence-corrected chi connectivity index (χ0v) is 10.8. The third-order valence-electron chi connectivity index (χ3n) is 2.10. The van der Waals surface area contributed by atoms with Gasteiger partial charge in [-0.25, -0.2) is 4.98 Å². The van der Waals surface area contributed by atoms with E-state index in [-0.39, 0.29) is 0 Å². The zero-order chi connectivity index (χ0) is 10.7. The number of imidazole rings is 1. The molecule has 0 aliphatic rings. The summed E-state index contributed by atoms with van der Waals surface area (Å²) in [5.41, 5.74) is 1.28. The van der Waals surface area contributed by atoms with Crippen LogP contribution in [0.15, 0.2) is 46.3 Å². The van der Waals surface area contributed by atoms with Gasteiger partial charge in [-0.3, -0.25) is 0 Å². The summed E-state index contributed by atoms with van der Waals surface area (Å²) in [5, 5.41) is 1.05. The molecule has 2 aromatic rings. The van der Waals surface area contributed by atoms with E-state index in [4.69, 9.17) is 0 Å². The molecule has 0 amide bonds. The van der Waals surface area contributed by atoms with Crippen LogP contribution in [0.5, 0.6) is 0 Å². The molecule has 78 valence electrons. The summed E-state index contributed by atoms with van der Waals surface area (Å²) in [7, 11) is 0. The minimum absolute atomic E-state index is 0.871. The van der Waals surface area contributed by atoms with Crippen molar-refractivity contribution in [3.8, 4) is 0 Å². The highest BCUT2D eigenvalue weighted by molar-refractivity contribution is 9.10. The first-order valence-electron chi connectivity index (χ1n) is 4.59. The lowest BCUT2D eigenvalue weighted by Crippen LogP contribution is -1.99. The molecule has 2 rings (SSSR count). The molecule has 0 fully saturated rings. The van der Waals surface area contributed by atoms with E-state index in [0.29, 0.717) is 0 Å². The van der Waals surface area contributed by atoms with E-state index in [1.54, 1.807) is 11.8 Å². The minimum Gasteiger partial charge on any atom is -0.322 e. The van der Waals surface area contributed by atoms with Crippen molar-refractivity contribution in [2.75, 3.05) is 6.26 Å². The first-order valence-corrected chi connectivity index (χ1v) is 6.61. The molecular weight excluding hydrogens is 272 g/mol. The van der Waals surface area contributed by atoms with Crippen LogP contribution in [0.4, 0.5) is 0 Å². The van der Waals surface area contributed by atoms with Crippen molar-refractivity contribution in [2.24, 2.45) is 0 Å². The molecule has 0 saturated heterocycles. The standard InChI is InChI=1S/C11H11BrN2S/c1-15-11-13-5-6-14(11)8-9-3-2-4-10(12)7-9/h2-7H,8H2,1H3. The van der Waals surface area contributed by atoms with Crippen LogP contribution in [0.1, 0.15) is 5.56 Å². The lowest BCUT2D eigenvalue weighted by Gasteiger charge is -2.06. The third-order valence-corrected chi connectivity index (χ3v) is 3.30. The quantitative estimate of drug-likeness (QED) is 0.803. The van der Waals surface area contributed by atoms with Crippen molar-refractivity contribution in [2.45, 2.75) is 11.7 Å². The molecule has 1 aromatic heterocycles. The second-order valence-electron chi connectivity index (χ2n) is 3.17. The highest BCUT2D eigenvalue weighted by Crippen LogP contribution is 2.16. The second kappa shape index (κ2) is 4.86. The monoisotopic (exact) mass is 282 g/mol. The molecule has 4 heteroatoms. The summed E-state index contributed by atoms with van der Waals surface area (Å²) in [6.45, 7) is 0.871. The molecule has 0 spiro atoms. The average Bonchev–Trinajstić information content (AvgIpc) is 2.65. The second-order valence-corrected chi connectivity index (χ2v) is 4.86. The molecule has 0 radical (unpaired) electrons. The van der Waals surface area contributed by atoms with E-state index in [2.05, 4.69) is 43.7 Å². The van der Waals surface area contributed by atoms with Crippen LogP contribution >= 0.6 is 27.7 Å². The van der Waals surface area contributed by atoms with Crippen LogP contribution in [0, 0.1) is 0 Å². The molecule has 0 aliphatic carbocycles. The molecule has 0 N–H and O–H groups in total. The Labute approximate surface area is 102 Å². The fourth-order valence-electron chi connectivity index (χ4n) is 1.44. The van der Waals surface area contributed by atoms with E-state index in [0.717, 1.165) is 16.2 Å². The SMILES string of the molecule is CSc1nccn1Cc1cccc(Br)c1. The van der Waals surface area contributed by atoms with E-state index in [1.807, 2.05) is 24.7 Å². The molecule has 0 aliphatic heterocycles. The predicted octanol–water partition coefficient (Wildman–Crippen LogP) is 3.42. The van der Waals surface area contributed by atoms with Gasteiger partial charge in [-0.05, 0) is 24.0 Å². The first-order chi connectivity index (χ1) is 7.29. The van der Waals surface area contributed by atoms with Gasteiger partial charge in [0.2, 0.25) is 0 Å². The smallest absolute Gasteiger partial charge is 0.167 e. The number of nitrogens with zero attached hydrogens (tertiary/aromatic N) is 2. The van der Waals surface area contributed by atoms with Crippen molar-refractivity contribution in [3.05, 3.63) is 46.7 Å². The number of hydrogen-bond donors (Lipinski definition) is 0. The summed E-state index contributed by atoms with van der Waals surface area (Å²) in [4.78, 5) is 4.27. The summed E-state index contributed by atoms with van der Waals surface area (Å²) in [6, 6.07) is 8.33. The first kappa shape index (κ1) is 10.8. The summed E-state index contributed by atoms with van der Waals surface area (Å²) in [6.07, 6.45) is 5.89. The van der Waals surface area contributed by atoms with Crippen molar-refractivity contribution in [1.29, 1.82) is 0 Å². The van der Waals surface area contributed by atoms with Crippen molar-refractivity contribution >= 4 is 27.7 Å². The Morgan fingerprint density at radius 2 is 2.33 bits per heavy atom. The molecule has 0 saturated carbocycles. The Balaban J connectivity index is 2.22. The topological polar surface area (TPSA) is 17.8 Å². The number of halogens is 1. The van der Waals surface area contributed by atoms with Gasteiger partial charge in [0.25, 0.3) is 0 Å². The zero-order valence-electron chi connectivity index (χ0n) is 8.35. The van der Waals surface area contributed by atoms with E-state index >= 15 is 0 Å². The Kier molecular flexibility index (Phi) is 3.49. The molecule has 1 aromatic carbocycles. The van der Waals surface area contributed by atoms with Gasteiger partial charge in [0.05, 0.1) is 0 Å². The summed E-state index contributed by atoms with van der Waals surface area (Å²) in [5.74, 6) is 0. The van der Waals surface area contributed by atoms with Gasteiger partial charge in [0, 0.05) is 23.4 Å². The van der Waals surface area contributed by atoms with E-state index < -0.39 is 0 Å². The largest absolute Gasteiger partial charge is 0.322 e. The van der Waals surface area contributed by atoms with Crippen LogP contribution in [0.2, 0.25) is 0 Å². The lowest BCUT2D eigenvalue weighted by atomic mass is 10.2. The number of thioether (sulfide) groups is 1. The van der Waals surface area contributed by atoms with Gasteiger partial charge >= 0.3 is 0 Å². The minimum atomic E-state index is 0.871. The fourth-order valence-corrected chi connectivity index (χ4v) is 2.41. The summed E-state index contributed by atoms with van der Waals surface area (Å²) >= 11 is 5.14. The molecule has 2 nitrogen and oxygen atoms in total. The van der Waals surface area contributed by atoms with Gasteiger partial charge in [-0.15, -0.1) is 0 Å². The molecular formula is C11H11BrN2S. The summed E-state index contributed by atoms with van der Waals surface area (Å²) < 4.78 is 3.26. The van der Waals surface area contributed by atoms with Crippen molar-refractivity contribution < 1.29 is 0 Å². The average molecular weight is 283 g/mol.